The molecular formula is C26H24N2O4. The van der Waals surface area contributed by atoms with Gasteiger partial charge in [0, 0.05) is 11.1 Å². The Morgan fingerprint density at radius 3 is 1.28 bits per heavy atom. The van der Waals surface area contributed by atoms with Crippen molar-refractivity contribution in [1.29, 1.82) is 0 Å². The molecule has 0 aromatic heterocycles. The third-order valence-electron chi connectivity index (χ3n) is 5.55. The molecule has 32 heavy (non-hydrogen) atoms. The number of anilines is 2. The van der Waals surface area contributed by atoms with E-state index in [1.165, 1.54) is 24.0 Å². The molecule has 6 nitrogen and oxygen atoms in total. The van der Waals surface area contributed by atoms with Gasteiger partial charge in [0.1, 0.15) is 0 Å². The van der Waals surface area contributed by atoms with Gasteiger partial charge >= 0.3 is 12.2 Å². The van der Waals surface area contributed by atoms with Crippen LogP contribution in [0.15, 0.2) is 72.8 Å². The molecule has 3 aromatic rings. The summed E-state index contributed by atoms with van der Waals surface area (Å²) in [4.78, 5) is 29.4. The van der Waals surface area contributed by atoms with Crippen LogP contribution >= 0.6 is 0 Å². The second-order valence-corrected chi connectivity index (χ2v) is 7.47. The Morgan fingerprint density at radius 2 is 0.969 bits per heavy atom. The summed E-state index contributed by atoms with van der Waals surface area (Å²) in [6, 6.07) is 22.7. The molecule has 1 aliphatic heterocycles. The van der Waals surface area contributed by atoms with E-state index in [9.17, 15) is 9.59 Å². The number of fused-ring (bicyclic) bond motifs is 1. The van der Waals surface area contributed by atoms with Crippen LogP contribution in [0.25, 0.3) is 11.4 Å². The lowest BCUT2D eigenvalue weighted by molar-refractivity contribution is 0.179. The van der Waals surface area contributed by atoms with E-state index in [1.54, 1.807) is 0 Å². The zero-order valence-electron chi connectivity index (χ0n) is 18.5. The molecule has 0 radical (unpaired) electrons. The van der Waals surface area contributed by atoms with E-state index in [-0.39, 0.29) is 0 Å². The Morgan fingerprint density at radius 1 is 0.625 bits per heavy atom. The van der Waals surface area contributed by atoms with E-state index in [1.807, 2.05) is 86.6 Å². The molecule has 0 unspecified atom stereocenters. The van der Waals surface area contributed by atoms with E-state index >= 15 is 0 Å². The summed E-state index contributed by atoms with van der Waals surface area (Å²) in [5, 5.41) is 0. The number of aryl methyl sites for hydroxylation is 2. The van der Waals surface area contributed by atoms with Gasteiger partial charge in [-0.15, -0.1) is 0 Å². The molecule has 0 saturated heterocycles. The van der Waals surface area contributed by atoms with Gasteiger partial charge in [-0.1, -0.05) is 60.7 Å². The van der Waals surface area contributed by atoms with E-state index in [0.29, 0.717) is 22.8 Å². The molecule has 0 bridgehead atoms. The van der Waals surface area contributed by atoms with Gasteiger partial charge in [-0.25, -0.2) is 19.4 Å². The average molecular weight is 428 g/mol. The SMILES string of the molecule is COC(=O)N1C(c2ccccc2)=C(c2ccccc2)N(C(=O)OC)c2cc(C)c(C)cc21. The molecule has 0 N–H and O–H groups in total. The van der Waals surface area contributed by atoms with Crippen molar-refractivity contribution >= 4 is 35.0 Å². The maximum atomic E-state index is 13.2. The Balaban J connectivity index is 2.17. The fourth-order valence-electron chi connectivity index (χ4n) is 3.88. The maximum Gasteiger partial charge on any atom is 0.418 e. The topological polar surface area (TPSA) is 59.1 Å². The molecule has 2 amide bonds. The monoisotopic (exact) mass is 428 g/mol. The minimum absolute atomic E-state index is 0.532. The number of carbonyl (C=O) groups excluding carboxylic acids is 2. The third kappa shape index (κ3) is 3.50. The van der Waals surface area contributed by atoms with Crippen molar-refractivity contribution in [3.63, 3.8) is 0 Å². The maximum absolute atomic E-state index is 13.2. The van der Waals surface area contributed by atoms with Crippen molar-refractivity contribution in [2.45, 2.75) is 13.8 Å². The second kappa shape index (κ2) is 8.59. The smallest absolute Gasteiger partial charge is 0.418 e. The van der Waals surface area contributed by atoms with Crippen molar-refractivity contribution in [2.24, 2.45) is 0 Å². The largest absolute Gasteiger partial charge is 0.452 e. The number of carbonyl (C=O) groups is 2. The lowest BCUT2D eigenvalue weighted by Crippen LogP contribution is -2.41. The number of rotatable bonds is 2. The summed E-state index contributed by atoms with van der Waals surface area (Å²) >= 11 is 0. The molecule has 6 heteroatoms. The van der Waals surface area contributed by atoms with E-state index in [0.717, 1.165) is 22.3 Å². The van der Waals surface area contributed by atoms with E-state index in [4.69, 9.17) is 9.47 Å². The van der Waals surface area contributed by atoms with Gasteiger partial charge in [0.05, 0.1) is 37.0 Å². The van der Waals surface area contributed by atoms with Crippen LogP contribution in [0.3, 0.4) is 0 Å². The molecule has 1 aliphatic rings. The molecular weight excluding hydrogens is 404 g/mol. The van der Waals surface area contributed by atoms with Crippen LogP contribution in [0.5, 0.6) is 0 Å². The first-order valence-electron chi connectivity index (χ1n) is 10.2. The van der Waals surface area contributed by atoms with Crippen LogP contribution in [0.4, 0.5) is 21.0 Å². The molecule has 3 aromatic carbocycles. The third-order valence-corrected chi connectivity index (χ3v) is 5.55. The summed E-state index contributed by atoms with van der Waals surface area (Å²) in [6.07, 6.45) is -1.10. The number of ether oxygens (including phenoxy) is 2. The highest BCUT2D eigenvalue weighted by molar-refractivity contribution is 6.22. The number of hydrogen-bond acceptors (Lipinski definition) is 4. The summed E-state index contributed by atoms with van der Waals surface area (Å²) in [5.41, 5.74) is 5.64. The van der Waals surface area contributed by atoms with Crippen LogP contribution in [0.2, 0.25) is 0 Å². The van der Waals surface area contributed by atoms with Gasteiger partial charge < -0.3 is 9.47 Å². The Labute approximate surface area is 187 Å². The summed E-state index contributed by atoms with van der Waals surface area (Å²) in [7, 11) is 2.70. The Bertz CT molecular complexity index is 1110. The zero-order chi connectivity index (χ0) is 22.8. The molecule has 162 valence electrons. The quantitative estimate of drug-likeness (QED) is 0.503. The van der Waals surface area contributed by atoms with Gasteiger partial charge in [-0.05, 0) is 37.1 Å². The molecule has 4 rings (SSSR count). The van der Waals surface area contributed by atoms with Crippen molar-refractivity contribution < 1.29 is 19.1 Å². The number of amides is 2. The molecule has 0 saturated carbocycles. The van der Waals surface area contributed by atoms with Crippen molar-refractivity contribution in [2.75, 3.05) is 24.0 Å². The van der Waals surface area contributed by atoms with Crippen LogP contribution in [0, 0.1) is 13.8 Å². The summed E-state index contributed by atoms with van der Waals surface area (Å²) in [5.74, 6) is 0. The lowest BCUT2D eigenvalue weighted by atomic mass is 9.96. The first kappa shape index (κ1) is 21.2. The molecule has 0 aliphatic carbocycles. The number of methoxy groups -OCH3 is 2. The fraction of sp³-hybridized carbons (Fsp3) is 0.154. The van der Waals surface area contributed by atoms with Crippen molar-refractivity contribution in [3.8, 4) is 0 Å². The molecule has 1 heterocycles. The number of benzene rings is 3. The molecule has 0 atom stereocenters. The van der Waals surface area contributed by atoms with Crippen molar-refractivity contribution in [1.82, 2.24) is 0 Å². The second-order valence-electron chi connectivity index (χ2n) is 7.47. The highest BCUT2D eigenvalue weighted by Gasteiger charge is 2.39. The molecule has 0 fully saturated rings. The van der Waals surface area contributed by atoms with Gasteiger partial charge in [0.15, 0.2) is 0 Å². The standard InChI is InChI=1S/C26H24N2O4/c1-17-15-21-22(16-18(17)2)28(26(30)32-4)24(20-13-9-6-10-14-20)23(27(21)25(29)31-3)19-11-7-5-8-12-19/h5-16H,1-4H3. The highest BCUT2D eigenvalue weighted by Crippen LogP contribution is 2.48. The Kier molecular flexibility index (Phi) is 5.69. The van der Waals surface area contributed by atoms with Crippen LogP contribution in [-0.4, -0.2) is 26.4 Å². The first-order chi connectivity index (χ1) is 15.5. The zero-order valence-corrected chi connectivity index (χ0v) is 18.5. The summed E-state index contributed by atoms with van der Waals surface area (Å²) in [6.45, 7) is 3.93. The van der Waals surface area contributed by atoms with Crippen molar-refractivity contribution in [3.05, 3.63) is 95.1 Å². The highest BCUT2D eigenvalue weighted by atomic mass is 16.5. The average Bonchev–Trinajstić information content (AvgIpc) is 2.83. The number of nitrogens with zero attached hydrogens (tertiary/aromatic N) is 2. The van der Waals surface area contributed by atoms with Gasteiger partial charge in [0.2, 0.25) is 0 Å². The Hall–Kier alpha value is -4.06. The van der Waals surface area contributed by atoms with Gasteiger partial charge in [-0.2, -0.15) is 0 Å². The fourth-order valence-corrected chi connectivity index (χ4v) is 3.88. The minimum atomic E-state index is -0.550. The van der Waals surface area contributed by atoms with E-state index in [2.05, 4.69) is 0 Å². The predicted molar refractivity (Wildman–Crippen MR) is 125 cm³/mol. The lowest BCUT2D eigenvalue weighted by Gasteiger charge is -2.39. The van der Waals surface area contributed by atoms with Gasteiger partial charge in [-0.3, -0.25) is 0 Å². The minimum Gasteiger partial charge on any atom is -0.452 e. The van der Waals surface area contributed by atoms with Crippen LogP contribution < -0.4 is 9.80 Å². The molecule has 0 spiro atoms. The number of hydrogen-bond donors (Lipinski definition) is 0. The van der Waals surface area contributed by atoms with Gasteiger partial charge in [0.25, 0.3) is 0 Å². The van der Waals surface area contributed by atoms with Crippen LogP contribution in [-0.2, 0) is 9.47 Å². The first-order valence-corrected chi connectivity index (χ1v) is 10.2. The van der Waals surface area contributed by atoms with Crippen LogP contribution in [0.1, 0.15) is 22.3 Å². The van der Waals surface area contributed by atoms with E-state index < -0.39 is 12.2 Å². The summed E-state index contributed by atoms with van der Waals surface area (Å²) < 4.78 is 10.4. The predicted octanol–water partition coefficient (Wildman–Crippen LogP) is 5.99. The normalized spacial score (nSPS) is 13.0.